The highest BCUT2D eigenvalue weighted by Gasteiger charge is 2.29. The van der Waals surface area contributed by atoms with Gasteiger partial charge in [-0.25, -0.2) is 9.13 Å². The Labute approximate surface area is 500 Å². The first-order chi connectivity index (χ1) is 40.2. The summed E-state index contributed by atoms with van der Waals surface area (Å²) in [4.78, 5) is 58.1. The first kappa shape index (κ1) is 79.0. The molecule has 0 saturated heterocycles. The summed E-state index contributed by atoms with van der Waals surface area (Å²) in [5.74, 6) is -1.68. The molecule has 0 bridgehead atoms. The predicted molar refractivity (Wildman–Crippen MR) is 334 cm³/mol. The smallest absolute Gasteiger partial charge is 0.463 e. The number of allylic oxidation sites excluding steroid dienone is 20. The van der Waals surface area contributed by atoms with Gasteiger partial charge in [-0.2, -0.15) is 0 Å². The average Bonchev–Trinajstić information content (AvgIpc) is 3.47. The molecule has 474 valence electrons. The van der Waals surface area contributed by atoms with E-state index in [0.717, 1.165) is 109 Å². The highest BCUT2D eigenvalue weighted by atomic mass is 31.2. The van der Waals surface area contributed by atoms with Gasteiger partial charge in [0, 0.05) is 19.3 Å². The summed E-state index contributed by atoms with van der Waals surface area (Å²) >= 11 is 0. The third kappa shape index (κ3) is 59.5. The minimum absolute atomic E-state index is 0.0899. The van der Waals surface area contributed by atoms with Crippen molar-refractivity contribution in [2.24, 2.45) is 0 Å². The molecular weight excluding hydrogens is 1100 g/mol. The third-order valence-corrected chi connectivity index (χ3v) is 14.1. The van der Waals surface area contributed by atoms with Crippen LogP contribution in [-0.2, 0) is 55.8 Å². The van der Waals surface area contributed by atoms with Gasteiger partial charge in [-0.05, 0) is 103 Å². The normalized spacial score (nSPS) is 15.2. The Kier molecular flexibility index (Phi) is 55.5. The topological polar surface area (TPSA) is 231 Å². The van der Waals surface area contributed by atoms with Crippen molar-refractivity contribution >= 4 is 33.6 Å². The number of aliphatic hydroxyl groups excluding tert-OH is 2. The molecular formula is C65H108O16P2. The summed E-state index contributed by atoms with van der Waals surface area (Å²) < 4.78 is 60.5. The van der Waals surface area contributed by atoms with Gasteiger partial charge in [0.05, 0.1) is 26.4 Å². The molecule has 0 aromatic rings. The molecule has 5 unspecified atom stereocenters. The highest BCUT2D eigenvalue weighted by molar-refractivity contribution is 7.47. The molecule has 0 aromatic heterocycles. The number of rotatable bonds is 57. The predicted octanol–water partition coefficient (Wildman–Crippen LogP) is 16.3. The van der Waals surface area contributed by atoms with E-state index in [1.54, 1.807) is 0 Å². The molecule has 0 saturated carbocycles. The molecule has 0 aliphatic rings. The van der Waals surface area contributed by atoms with Gasteiger partial charge in [-0.1, -0.05) is 213 Å². The van der Waals surface area contributed by atoms with E-state index >= 15 is 0 Å². The largest absolute Gasteiger partial charge is 0.472 e. The maximum atomic E-state index is 12.8. The number of phosphoric acid groups is 2. The average molecular weight is 1210 g/mol. The lowest BCUT2D eigenvalue weighted by atomic mass is 10.1. The maximum Gasteiger partial charge on any atom is 0.472 e. The molecule has 83 heavy (non-hydrogen) atoms. The lowest BCUT2D eigenvalue weighted by Gasteiger charge is -2.21. The van der Waals surface area contributed by atoms with Gasteiger partial charge in [0.1, 0.15) is 25.4 Å². The van der Waals surface area contributed by atoms with Crippen molar-refractivity contribution in [3.8, 4) is 0 Å². The number of carbonyl (C=O) groups excluding carboxylic acids is 3. The zero-order valence-electron chi connectivity index (χ0n) is 50.8. The van der Waals surface area contributed by atoms with Crippen molar-refractivity contribution in [2.75, 3.05) is 39.6 Å². The van der Waals surface area contributed by atoms with Gasteiger partial charge < -0.3 is 34.2 Å². The number of aliphatic hydroxyl groups is 2. The maximum absolute atomic E-state index is 12.8. The van der Waals surface area contributed by atoms with Crippen molar-refractivity contribution in [2.45, 2.75) is 232 Å². The van der Waals surface area contributed by atoms with Crippen molar-refractivity contribution in [1.82, 2.24) is 0 Å². The second kappa shape index (κ2) is 58.3. The van der Waals surface area contributed by atoms with Crippen molar-refractivity contribution < 1.29 is 75.8 Å². The van der Waals surface area contributed by atoms with Gasteiger partial charge in [-0.3, -0.25) is 32.5 Å². The lowest BCUT2D eigenvalue weighted by molar-refractivity contribution is -0.161. The SMILES string of the molecule is CC/C=C\C/C=C\C/C=C\C/C=C\C/C=C\CCCCCC(=O)OCC(O)COP(=O)(O)OCC(O)COP(=O)(O)OCC(COC(=O)CCC/C=C\C/C=C\C/C=C\C/C=C\C/C=C\CC)OC(=O)CCCCCCCCCCCCC. The van der Waals surface area contributed by atoms with Crippen LogP contribution < -0.4 is 0 Å². The van der Waals surface area contributed by atoms with Crippen molar-refractivity contribution in [3.05, 3.63) is 122 Å². The molecule has 0 rings (SSSR count). The van der Waals surface area contributed by atoms with E-state index in [2.05, 4.69) is 130 Å². The van der Waals surface area contributed by atoms with E-state index in [0.29, 0.717) is 25.7 Å². The van der Waals surface area contributed by atoms with Crippen LogP contribution >= 0.6 is 15.6 Å². The molecule has 16 nitrogen and oxygen atoms in total. The Bertz CT molecular complexity index is 2000. The minimum Gasteiger partial charge on any atom is -0.463 e. The van der Waals surface area contributed by atoms with Crippen LogP contribution in [0, 0.1) is 0 Å². The number of unbranched alkanes of at least 4 members (excludes halogenated alkanes) is 14. The van der Waals surface area contributed by atoms with Crippen LogP contribution in [0.3, 0.4) is 0 Å². The van der Waals surface area contributed by atoms with E-state index in [4.69, 9.17) is 32.3 Å². The summed E-state index contributed by atoms with van der Waals surface area (Å²) in [6, 6.07) is 0. The number of esters is 3. The molecule has 5 atom stereocenters. The van der Waals surface area contributed by atoms with Gasteiger partial charge in [0.25, 0.3) is 0 Å². The monoisotopic (exact) mass is 1210 g/mol. The Morgan fingerprint density at radius 3 is 1.06 bits per heavy atom. The molecule has 0 aliphatic carbocycles. The van der Waals surface area contributed by atoms with Crippen LogP contribution in [0.15, 0.2) is 122 Å². The molecule has 0 heterocycles. The van der Waals surface area contributed by atoms with Crippen LogP contribution in [0.5, 0.6) is 0 Å². The summed E-state index contributed by atoms with van der Waals surface area (Å²) in [5.41, 5.74) is 0. The second-order valence-electron chi connectivity index (χ2n) is 20.1. The van der Waals surface area contributed by atoms with E-state index < -0.39 is 91.5 Å². The number of hydrogen-bond acceptors (Lipinski definition) is 14. The summed E-state index contributed by atoms with van der Waals surface area (Å²) in [5, 5.41) is 20.5. The van der Waals surface area contributed by atoms with Gasteiger partial charge in [0.2, 0.25) is 0 Å². The summed E-state index contributed by atoms with van der Waals surface area (Å²) in [6.07, 6.45) is 64.2. The molecule has 0 aliphatic heterocycles. The number of carbonyl (C=O) groups is 3. The minimum atomic E-state index is -4.93. The Balaban J connectivity index is 4.72. The third-order valence-electron chi connectivity index (χ3n) is 12.2. The fourth-order valence-electron chi connectivity index (χ4n) is 7.51. The second-order valence-corrected chi connectivity index (χ2v) is 23.0. The standard InChI is InChI=1S/C65H108O16P2/c1-4-7-10-13-16-19-22-24-26-28-29-31-33-34-37-39-42-45-48-51-63(68)75-54-60(66)55-77-82(71,72)78-56-61(67)57-79-83(73,74)80-59-62(81-65(70)53-50-47-44-41-36-21-18-15-12-9-6-3)58-76-64(69)52-49-46-43-40-38-35-32-30-27-25-23-20-17-14-11-8-5-2/h7-8,10-11,16-17,19-20,24-27,29,31-32,34-35,37,40,43,60-62,66-67H,4-6,9,12-15,18,21-23,28,30,33,36,38-39,41-42,44-59H2,1-3H3,(H,71,72)(H,73,74)/b10-7-,11-8-,19-16-,20-17-,26-24-,27-25-,31-29-,35-32-,37-34-,43-40-. The quantitative estimate of drug-likeness (QED) is 0.0146. The first-order valence-corrected chi connectivity index (χ1v) is 33.8. The molecule has 0 radical (unpaired) electrons. The Morgan fingerprint density at radius 2 is 0.651 bits per heavy atom. The molecule has 0 aromatic carbocycles. The fourth-order valence-corrected chi connectivity index (χ4v) is 9.10. The van der Waals surface area contributed by atoms with Crippen LogP contribution in [0.4, 0.5) is 0 Å². The molecule has 18 heteroatoms. The van der Waals surface area contributed by atoms with Crippen LogP contribution in [0.1, 0.15) is 213 Å². The Morgan fingerprint density at radius 1 is 0.349 bits per heavy atom. The zero-order chi connectivity index (χ0) is 61.0. The molecule has 0 fully saturated rings. The number of phosphoric ester groups is 2. The highest BCUT2D eigenvalue weighted by Crippen LogP contribution is 2.45. The van der Waals surface area contributed by atoms with Gasteiger partial charge >= 0.3 is 33.6 Å². The van der Waals surface area contributed by atoms with Crippen molar-refractivity contribution in [1.29, 1.82) is 0 Å². The number of ether oxygens (including phenoxy) is 3. The van der Waals surface area contributed by atoms with Crippen LogP contribution in [-0.4, -0.2) is 95.9 Å². The van der Waals surface area contributed by atoms with Gasteiger partial charge in [0.15, 0.2) is 6.10 Å². The fraction of sp³-hybridized carbons (Fsp3) is 0.646. The summed E-state index contributed by atoms with van der Waals surface area (Å²) in [6.45, 7) is 2.28. The molecule has 4 N–H and O–H groups in total. The van der Waals surface area contributed by atoms with E-state index in [1.807, 2.05) is 12.2 Å². The van der Waals surface area contributed by atoms with E-state index in [1.165, 1.54) is 38.5 Å². The molecule has 0 amide bonds. The van der Waals surface area contributed by atoms with Crippen LogP contribution in [0.2, 0.25) is 0 Å². The Hall–Kier alpha value is -4.05. The number of hydrogen-bond donors (Lipinski definition) is 4. The van der Waals surface area contributed by atoms with E-state index in [-0.39, 0.29) is 19.3 Å². The first-order valence-electron chi connectivity index (χ1n) is 30.8. The van der Waals surface area contributed by atoms with E-state index in [9.17, 15) is 43.5 Å². The lowest BCUT2D eigenvalue weighted by Crippen LogP contribution is -2.30. The molecule has 0 spiro atoms. The van der Waals surface area contributed by atoms with Crippen LogP contribution in [0.25, 0.3) is 0 Å². The van der Waals surface area contributed by atoms with Gasteiger partial charge in [-0.15, -0.1) is 0 Å². The summed E-state index contributed by atoms with van der Waals surface area (Å²) in [7, 11) is -9.79. The zero-order valence-corrected chi connectivity index (χ0v) is 52.6. The van der Waals surface area contributed by atoms with Crippen molar-refractivity contribution in [3.63, 3.8) is 0 Å².